The van der Waals surface area contributed by atoms with Crippen LogP contribution in [0, 0.1) is 0 Å². The van der Waals surface area contributed by atoms with Gasteiger partial charge in [0.15, 0.2) is 5.82 Å². The Balaban J connectivity index is 1.57. The summed E-state index contributed by atoms with van der Waals surface area (Å²) in [5.41, 5.74) is 4.28. The molecule has 156 valence electrons. The lowest BCUT2D eigenvalue weighted by Gasteiger charge is -2.13. The molecule has 0 aliphatic heterocycles. The number of hydrogen-bond acceptors (Lipinski definition) is 6. The van der Waals surface area contributed by atoms with E-state index in [0.717, 1.165) is 40.9 Å². The Morgan fingerprint density at radius 3 is 2.61 bits per heavy atom. The largest absolute Gasteiger partial charge is 0.245 e. The molecule has 31 heavy (non-hydrogen) atoms. The number of thiocarbonyl (C=S) groups is 1. The highest BCUT2D eigenvalue weighted by Gasteiger charge is 2.15. The molecule has 8 heteroatoms. The van der Waals surface area contributed by atoms with Crippen molar-refractivity contribution in [3.63, 3.8) is 0 Å². The fraction of sp³-hybridized carbons (Fsp3) is 0.217. The summed E-state index contributed by atoms with van der Waals surface area (Å²) in [7, 11) is 0. The molecule has 2 aromatic heterocycles. The third-order valence-electron chi connectivity index (χ3n) is 5.06. The molecule has 2 aromatic carbocycles. The van der Waals surface area contributed by atoms with Crippen LogP contribution in [0.25, 0.3) is 22.5 Å². The van der Waals surface area contributed by atoms with E-state index >= 15 is 0 Å². The highest BCUT2D eigenvalue weighted by atomic mass is 32.1. The highest BCUT2D eigenvalue weighted by Crippen LogP contribution is 2.30. The standard InChI is InChI=1S/C23H23N7S/c1-2-3-6-19(13-14-31)23-24-16-25-30(23)15-17-9-11-18(12-10-17)20-7-4-5-8-21(20)22-26-28-29-27-22/h3-12,14,16,19H,2,13,15H2,1H3,(H,26,27,28,29). The van der Waals surface area contributed by atoms with Crippen LogP contribution in [-0.4, -0.2) is 40.8 Å². The first-order valence-corrected chi connectivity index (χ1v) is 10.7. The number of aromatic amines is 1. The molecular formula is C23H23N7S. The lowest BCUT2D eigenvalue weighted by molar-refractivity contribution is 0.616. The monoisotopic (exact) mass is 429 g/mol. The first-order chi connectivity index (χ1) is 15.3. The smallest absolute Gasteiger partial charge is 0.180 e. The van der Waals surface area contributed by atoms with Gasteiger partial charge in [-0.2, -0.15) is 5.10 Å². The number of tetrazole rings is 1. The first-order valence-electron chi connectivity index (χ1n) is 10.2. The fourth-order valence-corrected chi connectivity index (χ4v) is 3.74. The number of hydrogen-bond donors (Lipinski definition) is 1. The van der Waals surface area contributed by atoms with E-state index in [2.05, 4.69) is 80.1 Å². The maximum absolute atomic E-state index is 5.10. The molecule has 0 saturated carbocycles. The summed E-state index contributed by atoms with van der Waals surface area (Å²) >= 11 is 5.10. The van der Waals surface area contributed by atoms with Gasteiger partial charge in [0.2, 0.25) is 0 Å². The summed E-state index contributed by atoms with van der Waals surface area (Å²) in [6.45, 7) is 2.77. The van der Waals surface area contributed by atoms with Crippen LogP contribution in [0.15, 0.2) is 67.0 Å². The van der Waals surface area contributed by atoms with Crippen molar-refractivity contribution in [1.82, 2.24) is 35.4 Å². The molecule has 4 rings (SSSR count). The van der Waals surface area contributed by atoms with Gasteiger partial charge >= 0.3 is 0 Å². The van der Waals surface area contributed by atoms with Gasteiger partial charge in [0.1, 0.15) is 12.2 Å². The third-order valence-corrected chi connectivity index (χ3v) is 5.25. The SMILES string of the molecule is CCC=CC(CC=S)c1ncnn1Cc1ccc(-c2ccccc2-c2nnn[nH]2)cc1. The van der Waals surface area contributed by atoms with Crippen LogP contribution >= 0.6 is 12.2 Å². The van der Waals surface area contributed by atoms with Crippen LogP contribution < -0.4 is 0 Å². The zero-order valence-electron chi connectivity index (χ0n) is 17.2. The van der Waals surface area contributed by atoms with Gasteiger partial charge in [0, 0.05) is 11.5 Å². The van der Waals surface area contributed by atoms with Crippen LogP contribution in [0.5, 0.6) is 0 Å². The number of nitrogens with one attached hydrogen (secondary N) is 1. The lowest BCUT2D eigenvalue weighted by Crippen LogP contribution is -2.11. The van der Waals surface area contributed by atoms with Crippen LogP contribution in [-0.2, 0) is 6.54 Å². The second kappa shape index (κ2) is 9.99. The van der Waals surface area contributed by atoms with E-state index in [0.29, 0.717) is 12.4 Å². The van der Waals surface area contributed by atoms with E-state index in [4.69, 9.17) is 12.2 Å². The minimum absolute atomic E-state index is 0.140. The predicted octanol–water partition coefficient (Wildman–Crippen LogP) is 4.61. The molecule has 1 unspecified atom stereocenters. The Morgan fingerprint density at radius 1 is 1.10 bits per heavy atom. The number of benzene rings is 2. The van der Waals surface area contributed by atoms with Gasteiger partial charge in [-0.1, -0.05) is 79.8 Å². The predicted molar refractivity (Wildman–Crippen MR) is 125 cm³/mol. The summed E-state index contributed by atoms with van der Waals surface area (Å²) in [4.78, 5) is 4.50. The quantitative estimate of drug-likeness (QED) is 0.309. The summed E-state index contributed by atoms with van der Waals surface area (Å²) in [6, 6.07) is 16.5. The Morgan fingerprint density at radius 2 is 1.90 bits per heavy atom. The normalized spacial score (nSPS) is 12.3. The second-order valence-electron chi connectivity index (χ2n) is 7.11. The minimum Gasteiger partial charge on any atom is -0.245 e. The van der Waals surface area contributed by atoms with E-state index in [-0.39, 0.29) is 5.92 Å². The van der Waals surface area contributed by atoms with Crippen molar-refractivity contribution in [1.29, 1.82) is 0 Å². The number of H-pyrrole nitrogens is 1. The van der Waals surface area contributed by atoms with Gasteiger partial charge in [0.25, 0.3) is 0 Å². The molecule has 0 amide bonds. The van der Waals surface area contributed by atoms with Gasteiger partial charge in [-0.3, -0.25) is 0 Å². The molecule has 1 N–H and O–H groups in total. The van der Waals surface area contributed by atoms with Crippen LogP contribution in [0.3, 0.4) is 0 Å². The molecular weight excluding hydrogens is 406 g/mol. The van der Waals surface area contributed by atoms with Gasteiger partial charge in [-0.05, 0) is 45.3 Å². The Hall–Kier alpha value is -3.52. The van der Waals surface area contributed by atoms with E-state index in [1.165, 1.54) is 0 Å². The summed E-state index contributed by atoms with van der Waals surface area (Å²) in [5, 5.41) is 20.5. The van der Waals surface area contributed by atoms with E-state index in [1.807, 2.05) is 22.9 Å². The lowest BCUT2D eigenvalue weighted by atomic mass is 9.98. The Bertz CT molecular complexity index is 1150. The molecule has 0 radical (unpaired) electrons. The maximum atomic E-state index is 5.10. The van der Waals surface area contributed by atoms with Crippen LogP contribution in [0.4, 0.5) is 0 Å². The number of allylic oxidation sites excluding steroid dienone is 2. The van der Waals surface area contributed by atoms with Crippen molar-refractivity contribution < 1.29 is 0 Å². The third kappa shape index (κ3) is 4.80. The van der Waals surface area contributed by atoms with E-state index in [9.17, 15) is 0 Å². The maximum Gasteiger partial charge on any atom is 0.180 e. The summed E-state index contributed by atoms with van der Waals surface area (Å²) in [6.07, 6.45) is 7.67. The molecule has 7 nitrogen and oxygen atoms in total. The summed E-state index contributed by atoms with van der Waals surface area (Å²) < 4.78 is 1.95. The topological polar surface area (TPSA) is 85.2 Å². The molecule has 0 spiro atoms. The molecule has 1 atom stereocenters. The molecule has 4 aromatic rings. The van der Waals surface area contributed by atoms with Crippen LogP contribution in [0.2, 0.25) is 0 Å². The van der Waals surface area contributed by atoms with E-state index in [1.54, 1.807) is 11.7 Å². The zero-order chi connectivity index (χ0) is 21.5. The van der Waals surface area contributed by atoms with E-state index < -0.39 is 0 Å². The minimum atomic E-state index is 0.140. The molecule has 0 fully saturated rings. The Kier molecular flexibility index (Phi) is 6.68. The zero-order valence-corrected chi connectivity index (χ0v) is 18.0. The van der Waals surface area contributed by atoms with Gasteiger partial charge in [-0.15, -0.1) is 5.10 Å². The van der Waals surface area contributed by atoms with Gasteiger partial charge in [0.05, 0.1) is 6.54 Å². The van der Waals surface area contributed by atoms with Gasteiger partial charge < -0.3 is 0 Å². The highest BCUT2D eigenvalue weighted by molar-refractivity contribution is 7.78. The van der Waals surface area contributed by atoms with Crippen LogP contribution in [0.1, 0.15) is 37.1 Å². The number of nitrogens with zero attached hydrogens (tertiary/aromatic N) is 6. The molecule has 0 bridgehead atoms. The Labute approximate surface area is 186 Å². The molecule has 0 saturated heterocycles. The molecule has 2 heterocycles. The summed E-state index contributed by atoms with van der Waals surface area (Å²) in [5.74, 6) is 1.72. The van der Waals surface area contributed by atoms with Crippen molar-refractivity contribution in [2.45, 2.75) is 32.2 Å². The molecule has 0 aliphatic rings. The average molecular weight is 430 g/mol. The van der Waals surface area contributed by atoms with Crippen molar-refractivity contribution in [2.24, 2.45) is 0 Å². The van der Waals surface area contributed by atoms with Crippen molar-refractivity contribution >= 4 is 17.6 Å². The molecule has 0 aliphatic carbocycles. The fourth-order valence-electron chi connectivity index (χ4n) is 3.53. The second-order valence-corrected chi connectivity index (χ2v) is 7.45. The average Bonchev–Trinajstić information content (AvgIpc) is 3.50. The number of aromatic nitrogens is 7. The number of rotatable bonds is 9. The van der Waals surface area contributed by atoms with Crippen molar-refractivity contribution in [3.05, 3.63) is 78.4 Å². The van der Waals surface area contributed by atoms with Gasteiger partial charge in [-0.25, -0.2) is 14.8 Å². The van der Waals surface area contributed by atoms with Crippen molar-refractivity contribution in [3.8, 4) is 22.5 Å². The van der Waals surface area contributed by atoms with Crippen molar-refractivity contribution in [2.75, 3.05) is 0 Å². The first kappa shape index (κ1) is 20.7.